The number of amides is 1. The van der Waals surface area contributed by atoms with Crippen LogP contribution in [0.3, 0.4) is 0 Å². The lowest BCUT2D eigenvalue weighted by atomic mass is 9.95. The van der Waals surface area contributed by atoms with Crippen LogP contribution in [0.1, 0.15) is 43.5 Å². The maximum Gasteiger partial charge on any atom is 0.300 e. The summed E-state index contributed by atoms with van der Waals surface area (Å²) in [4.78, 5) is 28.0. The molecule has 34 heavy (non-hydrogen) atoms. The molecule has 0 bridgehead atoms. The predicted octanol–water partition coefficient (Wildman–Crippen LogP) is 5.91. The Morgan fingerprint density at radius 2 is 1.68 bits per heavy atom. The van der Waals surface area contributed by atoms with Gasteiger partial charge in [-0.2, -0.15) is 0 Å². The number of carbonyl (C=O) groups excluding carboxylic acids is 2. The number of rotatable bonds is 7. The average Bonchev–Trinajstić information content (AvgIpc) is 3.13. The van der Waals surface area contributed by atoms with Gasteiger partial charge in [-0.25, -0.2) is 0 Å². The molecule has 3 aromatic carbocycles. The lowest BCUT2D eigenvalue weighted by Gasteiger charge is -2.25. The van der Waals surface area contributed by atoms with Crippen LogP contribution in [0.2, 0.25) is 0 Å². The molecule has 0 spiro atoms. The van der Waals surface area contributed by atoms with Crippen LogP contribution < -0.4 is 9.64 Å². The first kappa shape index (κ1) is 23.3. The highest BCUT2D eigenvalue weighted by Gasteiger charge is 2.46. The molecule has 5 nitrogen and oxygen atoms in total. The van der Waals surface area contributed by atoms with Gasteiger partial charge in [-0.15, -0.1) is 0 Å². The van der Waals surface area contributed by atoms with Crippen LogP contribution in [0.4, 0.5) is 5.69 Å². The van der Waals surface area contributed by atoms with E-state index in [9.17, 15) is 14.7 Å². The van der Waals surface area contributed by atoms with Gasteiger partial charge in [-0.1, -0.05) is 75.4 Å². The molecule has 174 valence electrons. The van der Waals surface area contributed by atoms with Crippen LogP contribution >= 0.6 is 0 Å². The Morgan fingerprint density at radius 1 is 0.971 bits per heavy atom. The van der Waals surface area contributed by atoms with Gasteiger partial charge in [0.05, 0.1) is 18.2 Å². The maximum atomic E-state index is 13.3. The summed E-state index contributed by atoms with van der Waals surface area (Å²) in [6.45, 7) is 6.70. The van der Waals surface area contributed by atoms with E-state index in [4.69, 9.17) is 4.74 Å². The molecule has 0 aliphatic carbocycles. The number of aryl methyl sites for hydroxylation is 1. The molecule has 0 saturated carbocycles. The molecule has 1 N–H and O–H groups in total. The number of aliphatic hydroxyl groups excluding tert-OH is 1. The number of Topliss-reactive ketones (excluding diaryl/α,β-unsaturated/α-hetero) is 1. The quantitative estimate of drug-likeness (QED) is 0.273. The third-order valence-electron chi connectivity index (χ3n) is 5.87. The third kappa shape index (κ3) is 4.60. The van der Waals surface area contributed by atoms with Crippen molar-refractivity contribution in [2.24, 2.45) is 5.92 Å². The fraction of sp³-hybridized carbons (Fsp3) is 0.241. The maximum absolute atomic E-state index is 13.3. The van der Waals surface area contributed by atoms with Crippen molar-refractivity contribution in [2.45, 2.75) is 33.2 Å². The highest BCUT2D eigenvalue weighted by Crippen LogP contribution is 2.42. The van der Waals surface area contributed by atoms with Gasteiger partial charge in [-0.05, 0) is 47.7 Å². The minimum atomic E-state index is -0.742. The normalized spacial score (nSPS) is 17.4. The summed E-state index contributed by atoms with van der Waals surface area (Å²) in [7, 11) is 0. The minimum Gasteiger partial charge on any atom is -0.507 e. The molecule has 0 radical (unpaired) electrons. The highest BCUT2D eigenvalue weighted by atomic mass is 16.5. The van der Waals surface area contributed by atoms with Gasteiger partial charge in [0.15, 0.2) is 0 Å². The number of ketones is 1. The first-order chi connectivity index (χ1) is 16.4. The second-order valence-electron chi connectivity index (χ2n) is 8.83. The molecule has 5 heteroatoms. The smallest absolute Gasteiger partial charge is 0.300 e. The summed E-state index contributed by atoms with van der Waals surface area (Å²) in [6, 6.07) is 23.1. The van der Waals surface area contributed by atoms with Crippen LogP contribution in [-0.2, 0) is 16.0 Å². The SMILES string of the molecule is CCc1ccc(N2C(=O)C(=O)/C(=C(\O)c3cccc(OCC(C)C)c3)C2c2ccccc2)cc1. The Kier molecular flexibility index (Phi) is 6.82. The molecule has 1 amide bonds. The number of nitrogens with zero attached hydrogens (tertiary/aromatic N) is 1. The number of benzene rings is 3. The van der Waals surface area contributed by atoms with Crippen molar-refractivity contribution in [3.8, 4) is 5.75 Å². The van der Waals surface area contributed by atoms with E-state index in [1.165, 1.54) is 4.90 Å². The van der Waals surface area contributed by atoms with E-state index in [0.717, 1.165) is 17.5 Å². The Hall–Kier alpha value is -3.86. The van der Waals surface area contributed by atoms with E-state index in [1.807, 2.05) is 60.7 Å². The molecule has 0 aromatic heterocycles. The molecule has 1 unspecified atom stereocenters. The summed E-state index contributed by atoms with van der Waals surface area (Å²) < 4.78 is 5.80. The van der Waals surface area contributed by atoms with Crippen LogP contribution in [0.5, 0.6) is 5.75 Å². The number of carbonyl (C=O) groups is 2. The van der Waals surface area contributed by atoms with Crippen molar-refractivity contribution in [1.29, 1.82) is 0 Å². The molecular weight excluding hydrogens is 426 g/mol. The Morgan fingerprint density at radius 3 is 2.32 bits per heavy atom. The van der Waals surface area contributed by atoms with Crippen molar-refractivity contribution in [3.63, 3.8) is 0 Å². The van der Waals surface area contributed by atoms with Crippen molar-refractivity contribution in [2.75, 3.05) is 11.5 Å². The van der Waals surface area contributed by atoms with E-state index in [2.05, 4.69) is 20.8 Å². The van der Waals surface area contributed by atoms with E-state index in [1.54, 1.807) is 18.2 Å². The second-order valence-corrected chi connectivity index (χ2v) is 8.83. The van der Waals surface area contributed by atoms with Crippen LogP contribution in [-0.4, -0.2) is 23.4 Å². The van der Waals surface area contributed by atoms with E-state index in [0.29, 0.717) is 29.5 Å². The Labute approximate surface area is 200 Å². The lowest BCUT2D eigenvalue weighted by molar-refractivity contribution is -0.132. The Bertz CT molecular complexity index is 1210. The van der Waals surface area contributed by atoms with E-state index < -0.39 is 17.7 Å². The standard InChI is InChI=1S/C29H29NO4/c1-4-20-13-15-23(16-14-20)30-26(21-9-6-5-7-10-21)25(28(32)29(30)33)27(31)22-11-8-12-24(17-22)34-18-19(2)3/h5-17,19,26,31H,4,18H2,1-3H3/b27-25-. The number of anilines is 1. The molecule has 1 aliphatic rings. The summed E-state index contributed by atoms with van der Waals surface area (Å²) in [6.07, 6.45) is 0.871. The van der Waals surface area contributed by atoms with Gasteiger partial charge in [0, 0.05) is 11.3 Å². The topological polar surface area (TPSA) is 66.8 Å². The zero-order valence-corrected chi connectivity index (χ0v) is 19.7. The zero-order chi connectivity index (χ0) is 24.2. The van der Waals surface area contributed by atoms with Gasteiger partial charge >= 0.3 is 0 Å². The van der Waals surface area contributed by atoms with Crippen LogP contribution in [0, 0.1) is 5.92 Å². The van der Waals surface area contributed by atoms with Crippen molar-refractivity contribution < 1.29 is 19.4 Å². The second kappa shape index (κ2) is 9.96. The average molecular weight is 456 g/mol. The molecule has 1 heterocycles. The fourth-order valence-corrected chi connectivity index (χ4v) is 4.09. The highest BCUT2D eigenvalue weighted by molar-refractivity contribution is 6.51. The summed E-state index contributed by atoms with van der Waals surface area (Å²) >= 11 is 0. The molecule has 1 atom stereocenters. The number of ether oxygens (including phenoxy) is 1. The Balaban J connectivity index is 1.83. The van der Waals surface area contributed by atoms with E-state index in [-0.39, 0.29) is 11.3 Å². The minimum absolute atomic E-state index is 0.0665. The molecule has 1 fully saturated rings. The number of hydrogen-bond acceptors (Lipinski definition) is 4. The van der Waals surface area contributed by atoms with E-state index >= 15 is 0 Å². The van der Waals surface area contributed by atoms with Gasteiger partial charge < -0.3 is 9.84 Å². The molecule has 1 aliphatic heterocycles. The first-order valence-corrected chi connectivity index (χ1v) is 11.6. The molecule has 1 saturated heterocycles. The van der Waals surface area contributed by atoms with Gasteiger partial charge in [0.2, 0.25) is 0 Å². The predicted molar refractivity (Wildman–Crippen MR) is 134 cm³/mol. The molecule has 4 rings (SSSR count). The van der Waals surface area contributed by atoms with Gasteiger partial charge in [0.1, 0.15) is 11.5 Å². The third-order valence-corrected chi connectivity index (χ3v) is 5.87. The van der Waals surface area contributed by atoms with Crippen LogP contribution in [0.15, 0.2) is 84.4 Å². The van der Waals surface area contributed by atoms with Crippen molar-refractivity contribution in [1.82, 2.24) is 0 Å². The van der Waals surface area contributed by atoms with Gasteiger partial charge in [0.25, 0.3) is 11.7 Å². The summed E-state index contributed by atoms with van der Waals surface area (Å²) in [5, 5.41) is 11.3. The van der Waals surface area contributed by atoms with Crippen LogP contribution in [0.25, 0.3) is 5.76 Å². The zero-order valence-electron chi connectivity index (χ0n) is 19.7. The largest absolute Gasteiger partial charge is 0.507 e. The van der Waals surface area contributed by atoms with Crippen molar-refractivity contribution >= 4 is 23.1 Å². The summed E-state index contributed by atoms with van der Waals surface area (Å²) in [5.41, 5.74) is 2.99. The number of hydrogen-bond donors (Lipinski definition) is 1. The summed E-state index contributed by atoms with van der Waals surface area (Å²) in [5.74, 6) is -0.640. The molecular formula is C29H29NO4. The van der Waals surface area contributed by atoms with Gasteiger partial charge in [-0.3, -0.25) is 14.5 Å². The first-order valence-electron chi connectivity index (χ1n) is 11.6. The monoisotopic (exact) mass is 455 g/mol. The molecule has 3 aromatic rings. The number of aliphatic hydroxyl groups is 1. The van der Waals surface area contributed by atoms with Crippen molar-refractivity contribution in [3.05, 3.63) is 101 Å². The fourth-order valence-electron chi connectivity index (χ4n) is 4.09. The lowest BCUT2D eigenvalue weighted by Crippen LogP contribution is -2.29.